The van der Waals surface area contributed by atoms with Crippen molar-refractivity contribution in [1.29, 1.82) is 5.26 Å². The lowest BCUT2D eigenvalue weighted by atomic mass is 10.1. The molecule has 7 nitrogen and oxygen atoms in total. The van der Waals surface area contributed by atoms with E-state index in [4.69, 9.17) is 16.3 Å². The molecule has 0 atom stereocenters. The number of hydrogen-bond donors (Lipinski definition) is 1. The van der Waals surface area contributed by atoms with Crippen molar-refractivity contribution in [3.05, 3.63) is 110 Å². The van der Waals surface area contributed by atoms with Gasteiger partial charge < -0.3 is 9.72 Å². The molecule has 2 heterocycles. The maximum atomic E-state index is 13.1. The highest BCUT2D eigenvalue weighted by Gasteiger charge is 2.33. The highest BCUT2D eigenvalue weighted by Crippen LogP contribution is 2.38. The van der Waals surface area contributed by atoms with E-state index in [1.54, 1.807) is 24.5 Å². The number of rotatable bonds is 7. The van der Waals surface area contributed by atoms with Crippen LogP contribution < -0.4 is 10.3 Å². The molecule has 0 radical (unpaired) electrons. The summed E-state index contributed by atoms with van der Waals surface area (Å²) in [5.74, 6) is 0.491. The summed E-state index contributed by atoms with van der Waals surface area (Å²) >= 11 is 5.64. The largest absolute Gasteiger partial charge is 0.456 e. The van der Waals surface area contributed by atoms with E-state index in [1.165, 1.54) is 24.7 Å². The lowest BCUT2D eigenvalue weighted by molar-refractivity contribution is -0.137. The molecule has 0 aliphatic heterocycles. The van der Waals surface area contributed by atoms with E-state index in [1.807, 2.05) is 6.07 Å². The molecule has 36 heavy (non-hydrogen) atoms. The van der Waals surface area contributed by atoms with Crippen molar-refractivity contribution in [1.82, 2.24) is 19.9 Å². The van der Waals surface area contributed by atoms with Crippen LogP contribution in [0.1, 0.15) is 33.6 Å². The van der Waals surface area contributed by atoms with Crippen LogP contribution in [-0.4, -0.2) is 19.9 Å². The Balaban J connectivity index is 1.45. The van der Waals surface area contributed by atoms with Crippen LogP contribution in [0.15, 0.2) is 66.1 Å². The van der Waals surface area contributed by atoms with E-state index in [0.717, 1.165) is 23.3 Å². The molecule has 2 aromatic heterocycles. The molecule has 0 aliphatic carbocycles. The molecular weight excluding hydrogens is 495 g/mol. The summed E-state index contributed by atoms with van der Waals surface area (Å²) in [4.78, 5) is 27.3. The second-order valence-electron chi connectivity index (χ2n) is 7.79. The van der Waals surface area contributed by atoms with Crippen LogP contribution in [0.25, 0.3) is 0 Å². The summed E-state index contributed by atoms with van der Waals surface area (Å²) in [6, 6.07) is 9.95. The Labute approximate surface area is 208 Å². The van der Waals surface area contributed by atoms with Crippen LogP contribution in [0.3, 0.4) is 0 Å². The lowest BCUT2D eigenvalue weighted by Gasteiger charge is -2.13. The van der Waals surface area contributed by atoms with Crippen molar-refractivity contribution in [3.63, 3.8) is 0 Å². The SMILES string of the molecule is N#Cc1cc(CCc2ncc(Cc3cncnc3)c(=O)[nH]2)ccc1Oc1ccc(Cl)c(C(F)(F)F)c1. The Morgan fingerprint density at radius 2 is 1.81 bits per heavy atom. The van der Waals surface area contributed by atoms with E-state index in [0.29, 0.717) is 30.7 Å². The Morgan fingerprint density at radius 3 is 2.50 bits per heavy atom. The minimum Gasteiger partial charge on any atom is -0.456 e. The fourth-order valence-corrected chi connectivity index (χ4v) is 3.66. The van der Waals surface area contributed by atoms with E-state index < -0.39 is 16.8 Å². The van der Waals surface area contributed by atoms with E-state index in [9.17, 15) is 23.2 Å². The molecule has 182 valence electrons. The predicted molar refractivity (Wildman–Crippen MR) is 125 cm³/mol. The van der Waals surface area contributed by atoms with Gasteiger partial charge in [0.2, 0.25) is 0 Å². The van der Waals surface area contributed by atoms with Gasteiger partial charge >= 0.3 is 6.18 Å². The van der Waals surface area contributed by atoms with Gasteiger partial charge in [-0.3, -0.25) is 4.79 Å². The second kappa shape index (κ2) is 10.6. The zero-order valence-corrected chi connectivity index (χ0v) is 19.3. The Morgan fingerprint density at radius 1 is 1.03 bits per heavy atom. The minimum absolute atomic E-state index is 0.0973. The van der Waals surface area contributed by atoms with Crippen molar-refractivity contribution < 1.29 is 17.9 Å². The van der Waals surface area contributed by atoms with Gasteiger partial charge in [0, 0.05) is 37.0 Å². The van der Waals surface area contributed by atoms with Crippen molar-refractivity contribution in [2.24, 2.45) is 0 Å². The molecule has 0 aliphatic rings. The van der Waals surface area contributed by atoms with Crippen molar-refractivity contribution in [2.45, 2.75) is 25.4 Å². The highest BCUT2D eigenvalue weighted by molar-refractivity contribution is 6.31. The third-order valence-electron chi connectivity index (χ3n) is 5.22. The standard InChI is InChI=1S/C25H17ClF3N5O2/c26-21-4-3-19(9-20(21)25(27,28)29)36-22-5-1-15(7-17(22)10-30)2-6-23-33-13-18(24(35)34-23)8-16-11-31-14-32-12-16/h1,3-5,7,9,11-14H,2,6,8H2,(H,33,34,35). The van der Waals surface area contributed by atoms with Gasteiger partial charge in [-0.2, -0.15) is 18.4 Å². The van der Waals surface area contributed by atoms with E-state index >= 15 is 0 Å². The Bertz CT molecular complexity index is 1480. The first kappa shape index (κ1) is 24.9. The molecule has 4 aromatic rings. The number of halogens is 4. The van der Waals surface area contributed by atoms with Gasteiger partial charge in [-0.25, -0.2) is 15.0 Å². The van der Waals surface area contributed by atoms with Crippen molar-refractivity contribution >= 4 is 11.6 Å². The fraction of sp³-hybridized carbons (Fsp3) is 0.160. The van der Waals surface area contributed by atoms with Gasteiger partial charge in [0.1, 0.15) is 29.7 Å². The van der Waals surface area contributed by atoms with Gasteiger partial charge in [0.15, 0.2) is 0 Å². The van der Waals surface area contributed by atoms with Crippen LogP contribution in [-0.2, 0) is 25.4 Å². The molecule has 2 aromatic carbocycles. The predicted octanol–water partition coefficient (Wildman–Crippen LogP) is 5.27. The topological polar surface area (TPSA) is 105 Å². The molecule has 0 fully saturated rings. The first-order valence-corrected chi connectivity index (χ1v) is 11.0. The van der Waals surface area contributed by atoms with Crippen LogP contribution in [0.2, 0.25) is 5.02 Å². The normalized spacial score (nSPS) is 11.2. The number of benzene rings is 2. The minimum atomic E-state index is -4.64. The molecule has 1 N–H and O–H groups in total. The van der Waals surface area contributed by atoms with Crippen LogP contribution in [0, 0.1) is 11.3 Å². The van der Waals surface area contributed by atoms with E-state index in [-0.39, 0.29) is 22.6 Å². The zero-order chi connectivity index (χ0) is 25.7. The number of aromatic amines is 1. The zero-order valence-electron chi connectivity index (χ0n) is 18.5. The number of aromatic nitrogens is 4. The number of ether oxygens (including phenoxy) is 1. The summed E-state index contributed by atoms with van der Waals surface area (Å²) in [5, 5.41) is 9.08. The number of H-pyrrole nitrogens is 1. The van der Waals surface area contributed by atoms with E-state index in [2.05, 4.69) is 19.9 Å². The molecule has 0 spiro atoms. The van der Waals surface area contributed by atoms with Gasteiger partial charge in [-0.15, -0.1) is 0 Å². The number of nitriles is 1. The maximum absolute atomic E-state index is 13.1. The Kier molecular flexibility index (Phi) is 7.31. The molecule has 0 unspecified atom stereocenters. The molecule has 0 amide bonds. The van der Waals surface area contributed by atoms with Gasteiger partial charge in [0.25, 0.3) is 5.56 Å². The number of aryl methyl sites for hydroxylation is 2. The molecule has 4 rings (SSSR count). The quantitative estimate of drug-likeness (QED) is 0.362. The van der Waals surface area contributed by atoms with Crippen LogP contribution in [0.5, 0.6) is 11.5 Å². The number of nitrogens with zero attached hydrogens (tertiary/aromatic N) is 4. The van der Waals surface area contributed by atoms with Crippen LogP contribution in [0.4, 0.5) is 13.2 Å². The summed E-state index contributed by atoms with van der Waals surface area (Å²) < 4.78 is 44.9. The van der Waals surface area contributed by atoms with Crippen molar-refractivity contribution in [3.8, 4) is 17.6 Å². The smallest absolute Gasteiger partial charge is 0.417 e. The fourth-order valence-electron chi connectivity index (χ4n) is 3.44. The first-order chi connectivity index (χ1) is 17.2. The summed E-state index contributed by atoms with van der Waals surface area (Å²) in [6.07, 6.45) is 2.76. The average molecular weight is 512 g/mol. The van der Waals surface area contributed by atoms with Gasteiger partial charge in [-0.1, -0.05) is 17.7 Å². The highest BCUT2D eigenvalue weighted by atomic mass is 35.5. The molecule has 0 saturated carbocycles. The third-order valence-corrected chi connectivity index (χ3v) is 5.55. The molecule has 0 saturated heterocycles. The summed E-state index contributed by atoms with van der Waals surface area (Å²) in [7, 11) is 0. The molecular formula is C25H17ClF3N5O2. The first-order valence-electron chi connectivity index (χ1n) is 10.6. The summed E-state index contributed by atoms with van der Waals surface area (Å²) in [5.41, 5.74) is 0.903. The average Bonchev–Trinajstić information content (AvgIpc) is 2.86. The molecule has 0 bridgehead atoms. The van der Waals surface area contributed by atoms with Crippen LogP contribution >= 0.6 is 11.6 Å². The Hall–Kier alpha value is -4.23. The second-order valence-corrected chi connectivity index (χ2v) is 8.20. The van der Waals surface area contributed by atoms with Gasteiger partial charge in [-0.05, 0) is 47.9 Å². The third kappa shape index (κ3) is 6.06. The lowest BCUT2D eigenvalue weighted by Crippen LogP contribution is -2.17. The summed E-state index contributed by atoms with van der Waals surface area (Å²) in [6.45, 7) is 0. The van der Waals surface area contributed by atoms with Gasteiger partial charge in [0.05, 0.1) is 16.1 Å². The maximum Gasteiger partial charge on any atom is 0.417 e. The number of alkyl halides is 3. The molecule has 11 heteroatoms. The monoisotopic (exact) mass is 511 g/mol. The number of nitrogens with one attached hydrogen (secondary N) is 1. The number of hydrogen-bond acceptors (Lipinski definition) is 6. The van der Waals surface area contributed by atoms with Crippen molar-refractivity contribution in [2.75, 3.05) is 0 Å².